The third-order valence-corrected chi connectivity index (χ3v) is 5.79. The maximum absolute atomic E-state index is 13.2. The largest absolute Gasteiger partial charge is 0.378 e. The van der Waals surface area contributed by atoms with Crippen LogP contribution in [0, 0.1) is 6.92 Å². The van der Waals surface area contributed by atoms with Crippen molar-refractivity contribution >= 4 is 32.9 Å². The zero-order valence-corrected chi connectivity index (χ0v) is 15.6. The maximum atomic E-state index is 13.2. The number of rotatable bonds is 3. The molecule has 130 valence electrons. The molecule has 1 unspecified atom stereocenters. The molecule has 0 fully saturated rings. The van der Waals surface area contributed by atoms with Gasteiger partial charge in [0, 0.05) is 12.8 Å². The number of thioether (sulfide) groups is 1. The van der Waals surface area contributed by atoms with E-state index < -0.39 is 16.3 Å². The molecular weight excluding hydrogens is 348 g/mol. The summed E-state index contributed by atoms with van der Waals surface area (Å²) in [7, 11) is -2.49. The van der Waals surface area contributed by atoms with Crippen LogP contribution < -0.4 is 5.73 Å². The number of nitrogens with two attached hydrogens (primary N) is 1. The van der Waals surface area contributed by atoms with E-state index in [-0.39, 0.29) is 16.0 Å². The van der Waals surface area contributed by atoms with Gasteiger partial charge in [0.05, 0.1) is 4.90 Å². The number of guanidine groups is 1. The van der Waals surface area contributed by atoms with Crippen LogP contribution in [0.15, 0.2) is 50.9 Å². The zero-order chi connectivity index (χ0) is 17.9. The van der Waals surface area contributed by atoms with E-state index in [9.17, 15) is 8.42 Å². The predicted octanol–water partition coefficient (Wildman–Crippen LogP) is 1.91. The van der Waals surface area contributed by atoms with E-state index in [4.69, 9.17) is 10.5 Å². The molecule has 0 radical (unpaired) electrons. The van der Waals surface area contributed by atoms with Gasteiger partial charge in [-0.25, -0.2) is 17.7 Å². The summed E-state index contributed by atoms with van der Waals surface area (Å²) in [6.07, 6.45) is 2.52. The number of hydrogen-bond acceptors (Lipinski definition) is 6. The van der Waals surface area contributed by atoms with E-state index in [1.807, 2.05) is 0 Å². The number of sulfonamides is 1. The lowest BCUT2D eigenvalue weighted by Gasteiger charge is -2.31. The number of nitrogens with zero attached hydrogens (tertiary/aromatic N) is 3. The molecule has 24 heavy (non-hydrogen) atoms. The van der Waals surface area contributed by atoms with Gasteiger partial charge >= 0.3 is 0 Å². The van der Waals surface area contributed by atoms with Crippen LogP contribution in [0.1, 0.15) is 12.5 Å². The van der Waals surface area contributed by atoms with Crippen LogP contribution in [0.3, 0.4) is 0 Å². The van der Waals surface area contributed by atoms with Gasteiger partial charge in [-0.05, 0) is 37.8 Å². The Bertz CT molecular complexity index is 816. The van der Waals surface area contributed by atoms with Crippen molar-refractivity contribution in [2.45, 2.75) is 25.0 Å². The Labute approximate surface area is 146 Å². The summed E-state index contributed by atoms with van der Waals surface area (Å²) in [5.74, 6) is -0.0167. The fraction of sp³-hybridized carbons (Fsp3) is 0.333. The van der Waals surface area contributed by atoms with Crippen LogP contribution >= 0.6 is 11.8 Å². The molecule has 0 saturated heterocycles. The Morgan fingerprint density at radius 2 is 2.04 bits per heavy atom. The molecule has 1 atom stereocenters. The standard InChI is InChI=1S/C15H20N4O3S2/c1-10-7-5-6-8-12(10)24(20,21)19-13(22-3)9-11(2)17-15(19)18-14(16)23-4/h5-9,13H,1-4H3,(H2,16,17,18). The normalized spacial score (nSPS) is 19.1. The Morgan fingerprint density at radius 3 is 2.62 bits per heavy atom. The lowest BCUT2D eigenvalue weighted by atomic mass is 10.2. The average Bonchev–Trinajstić information content (AvgIpc) is 2.53. The highest BCUT2D eigenvalue weighted by atomic mass is 32.2. The molecule has 2 N–H and O–H groups in total. The van der Waals surface area contributed by atoms with Crippen LogP contribution in [-0.4, -0.2) is 43.4 Å². The Hall–Kier alpha value is -1.84. The van der Waals surface area contributed by atoms with Gasteiger partial charge in [-0.15, -0.1) is 0 Å². The van der Waals surface area contributed by atoms with Crippen LogP contribution in [0.2, 0.25) is 0 Å². The summed E-state index contributed by atoms with van der Waals surface area (Å²) in [5.41, 5.74) is 6.99. The number of ether oxygens (including phenoxy) is 1. The SMILES string of the molecule is COC1C=C(C)N=C(N=C(N)SC)N1S(=O)(=O)c1ccccc1C. The molecule has 7 nitrogen and oxygen atoms in total. The smallest absolute Gasteiger partial charge is 0.269 e. The van der Waals surface area contributed by atoms with Gasteiger partial charge < -0.3 is 10.5 Å². The molecule has 2 rings (SSSR count). The highest BCUT2D eigenvalue weighted by molar-refractivity contribution is 8.13. The van der Waals surface area contributed by atoms with Crippen molar-refractivity contribution in [3.05, 3.63) is 41.6 Å². The van der Waals surface area contributed by atoms with Gasteiger partial charge in [0.1, 0.15) is 0 Å². The molecule has 0 amide bonds. The third-order valence-electron chi connectivity index (χ3n) is 3.38. The number of aryl methyl sites for hydroxylation is 1. The highest BCUT2D eigenvalue weighted by Gasteiger charge is 2.36. The van der Waals surface area contributed by atoms with Crippen molar-refractivity contribution < 1.29 is 13.2 Å². The van der Waals surface area contributed by atoms with Crippen LogP contribution in [0.5, 0.6) is 0 Å². The monoisotopic (exact) mass is 368 g/mol. The minimum atomic E-state index is -3.92. The van der Waals surface area contributed by atoms with Crippen molar-refractivity contribution in [2.24, 2.45) is 15.7 Å². The van der Waals surface area contributed by atoms with Crippen LogP contribution in [-0.2, 0) is 14.8 Å². The molecule has 1 aliphatic rings. The van der Waals surface area contributed by atoms with Crippen molar-refractivity contribution in [2.75, 3.05) is 13.4 Å². The summed E-state index contributed by atoms with van der Waals surface area (Å²) in [4.78, 5) is 8.55. The van der Waals surface area contributed by atoms with Gasteiger partial charge in [-0.3, -0.25) is 0 Å². The van der Waals surface area contributed by atoms with E-state index in [0.717, 1.165) is 4.31 Å². The molecule has 0 saturated carbocycles. The predicted molar refractivity (Wildman–Crippen MR) is 97.3 cm³/mol. The second kappa shape index (κ2) is 7.37. The molecule has 9 heteroatoms. The van der Waals surface area contributed by atoms with Gasteiger partial charge in [-0.2, -0.15) is 4.99 Å². The van der Waals surface area contributed by atoms with Gasteiger partial charge in [-0.1, -0.05) is 30.0 Å². The molecule has 0 aromatic heterocycles. The van der Waals surface area contributed by atoms with Crippen molar-refractivity contribution in [1.29, 1.82) is 0 Å². The Morgan fingerprint density at radius 1 is 1.38 bits per heavy atom. The lowest BCUT2D eigenvalue weighted by Crippen LogP contribution is -2.46. The first-order chi connectivity index (χ1) is 11.3. The van der Waals surface area contributed by atoms with E-state index >= 15 is 0 Å². The molecule has 1 aliphatic heterocycles. The number of allylic oxidation sites excluding steroid dienone is 1. The molecule has 0 spiro atoms. The Balaban J connectivity index is 2.63. The molecule has 0 bridgehead atoms. The van der Waals surface area contributed by atoms with E-state index in [0.29, 0.717) is 11.3 Å². The van der Waals surface area contributed by atoms with Gasteiger partial charge in [0.2, 0.25) is 5.96 Å². The second-order valence-corrected chi connectivity index (χ2v) is 7.68. The fourth-order valence-corrected chi connectivity index (χ4v) is 4.04. The summed E-state index contributed by atoms with van der Waals surface area (Å²) < 4.78 is 32.8. The number of benzene rings is 1. The van der Waals surface area contributed by atoms with E-state index in [2.05, 4.69) is 9.98 Å². The number of amidine groups is 1. The van der Waals surface area contributed by atoms with Crippen molar-refractivity contribution in [3.8, 4) is 0 Å². The fourth-order valence-electron chi connectivity index (χ4n) is 2.21. The van der Waals surface area contributed by atoms with E-state index in [1.54, 1.807) is 50.4 Å². The molecule has 1 aromatic carbocycles. The Kier molecular flexibility index (Phi) is 5.68. The molecular formula is C15H20N4O3S2. The second-order valence-electron chi connectivity index (χ2n) is 5.07. The quantitative estimate of drug-likeness (QED) is 0.649. The minimum Gasteiger partial charge on any atom is -0.378 e. The first kappa shape index (κ1) is 18.5. The first-order valence-corrected chi connectivity index (χ1v) is 9.76. The van der Waals surface area contributed by atoms with Gasteiger partial charge in [0.25, 0.3) is 10.0 Å². The molecule has 1 heterocycles. The zero-order valence-electron chi connectivity index (χ0n) is 13.9. The summed E-state index contributed by atoms with van der Waals surface area (Å²) in [6, 6.07) is 6.72. The summed E-state index contributed by atoms with van der Waals surface area (Å²) in [5, 5.41) is 0.211. The van der Waals surface area contributed by atoms with Crippen molar-refractivity contribution in [3.63, 3.8) is 0 Å². The summed E-state index contributed by atoms with van der Waals surface area (Å²) in [6.45, 7) is 3.48. The maximum Gasteiger partial charge on any atom is 0.269 e. The number of aliphatic imine (C=N–C) groups is 2. The third kappa shape index (κ3) is 3.63. The summed E-state index contributed by atoms with van der Waals surface area (Å²) >= 11 is 1.21. The highest BCUT2D eigenvalue weighted by Crippen LogP contribution is 2.26. The first-order valence-electron chi connectivity index (χ1n) is 7.09. The number of hydrogen-bond donors (Lipinski definition) is 1. The van der Waals surface area contributed by atoms with Gasteiger partial charge in [0.15, 0.2) is 11.4 Å². The van der Waals surface area contributed by atoms with E-state index in [1.165, 1.54) is 18.9 Å². The van der Waals surface area contributed by atoms with Crippen LogP contribution in [0.25, 0.3) is 0 Å². The topological polar surface area (TPSA) is 97.3 Å². The minimum absolute atomic E-state index is 0.0167. The lowest BCUT2D eigenvalue weighted by molar-refractivity contribution is 0.0810. The van der Waals surface area contributed by atoms with Crippen LogP contribution in [0.4, 0.5) is 0 Å². The van der Waals surface area contributed by atoms with Crippen molar-refractivity contribution in [1.82, 2.24) is 4.31 Å². The molecule has 0 aliphatic carbocycles. The number of methoxy groups -OCH3 is 1. The average molecular weight is 368 g/mol. The molecule has 1 aromatic rings.